The van der Waals surface area contributed by atoms with Crippen molar-refractivity contribution in [1.82, 2.24) is 9.88 Å². The zero-order valence-corrected chi connectivity index (χ0v) is 12.8. The molecule has 2 fully saturated rings. The predicted molar refractivity (Wildman–Crippen MR) is 81.2 cm³/mol. The fraction of sp³-hybridized carbons (Fsp3) is 0.643. The van der Waals surface area contributed by atoms with Gasteiger partial charge in [0.15, 0.2) is 5.13 Å². The molecule has 6 nitrogen and oxygen atoms in total. The quantitative estimate of drug-likeness (QED) is 0.890. The van der Waals surface area contributed by atoms with E-state index in [-0.39, 0.29) is 17.9 Å². The van der Waals surface area contributed by atoms with Crippen molar-refractivity contribution < 1.29 is 9.59 Å². The molecule has 21 heavy (non-hydrogen) atoms. The Morgan fingerprint density at radius 1 is 1.43 bits per heavy atom. The number of amides is 2. The van der Waals surface area contributed by atoms with Gasteiger partial charge in [-0.3, -0.25) is 14.5 Å². The highest BCUT2D eigenvalue weighted by Gasteiger charge is 2.28. The fourth-order valence-corrected chi connectivity index (χ4v) is 3.89. The molecular formula is C14H20N4O2S. The number of anilines is 1. The molecule has 1 atom stereocenters. The summed E-state index contributed by atoms with van der Waals surface area (Å²) in [4.78, 5) is 32.1. The second-order valence-electron chi connectivity index (χ2n) is 5.57. The Bertz CT molecular complexity index is 545. The van der Waals surface area contributed by atoms with Crippen LogP contribution in [0.25, 0.3) is 0 Å². The summed E-state index contributed by atoms with van der Waals surface area (Å²) in [7, 11) is 0. The van der Waals surface area contributed by atoms with Crippen LogP contribution in [0.1, 0.15) is 31.4 Å². The first-order chi connectivity index (χ1) is 10.2. The maximum absolute atomic E-state index is 12.3. The van der Waals surface area contributed by atoms with Gasteiger partial charge in [0.25, 0.3) is 0 Å². The van der Waals surface area contributed by atoms with Crippen LogP contribution >= 0.6 is 11.3 Å². The Balaban J connectivity index is 1.64. The van der Waals surface area contributed by atoms with Crippen LogP contribution in [0.15, 0.2) is 5.38 Å². The molecule has 7 heteroatoms. The van der Waals surface area contributed by atoms with Gasteiger partial charge in [-0.05, 0) is 19.3 Å². The summed E-state index contributed by atoms with van der Waals surface area (Å²) in [5.74, 6) is 0.220. The second kappa shape index (κ2) is 6.11. The van der Waals surface area contributed by atoms with E-state index in [4.69, 9.17) is 5.73 Å². The molecule has 3 rings (SSSR count). The van der Waals surface area contributed by atoms with E-state index in [1.165, 1.54) is 11.3 Å². The number of carbonyl (C=O) groups excluding carboxylic acids is 2. The fourth-order valence-electron chi connectivity index (χ4n) is 3.02. The van der Waals surface area contributed by atoms with Crippen molar-refractivity contribution in [3.8, 4) is 0 Å². The average Bonchev–Trinajstić information content (AvgIpc) is 3.17. The third kappa shape index (κ3) is 2.94. The Hall–Kier alpha value is -1.47. The maximum Gasteiger partial charge on any atom is 0.228 e. The van der Waals surface area contributed by atoms with Crippen LogP contribution in [0.5, 0.6) is 0 Å². The summed E-state index contributed by atoms with van der Waals surface area (Å²) in [6.07, 6.45) is 3.80. The molecule has 1 aromatic rings. The van der Waals surface area contributed by atoms with E-state index in [1.54, 1.807) is 4.90 Å². The summed E-state index contributed by atoms with van der Waals surface area (Å²) in [5.41, 5.74) is 6.46. The maximum atomic E-state index is 12.3. The molecular weight excluding hydrogens is 288 g/mol. The Kier molecular flexibility index (Phi) is 4.21. The first-order valence-corrected chi connectivity index (χ1v) is 8.31. The van der Waals surface area contributed by atoms with E-state index >= 15 is 0 Å². The average molecular weight is 308 g/mol. The van der Waals surface area contributed by atoms with E-state index in [9.17, 15) is 9.59 Å². The number of hydrogen-bond acceptors (Lipinski definition) is 5. The molecule has 2 saturated heterocycles. The molecule has 2 amide bonds. The van der Waals surface area contributed by atoms with Crippen LogP contribution in [0, 0.1) is 0 Å². The van der Waals surface area contributed by atoms with E-state index in [1.807, 2.05) is 10.3 Å². The minimum Gasteiger partial charge on any atom is -0.338 e. The Morgan fingerprint density at radius 2 is 2.29 bits per heavy atom. The van der Waals surface area contributed by atoms with Gasteiger partial charge >= 0.3 is 0 Å². The van der Waals surface area contributed by atoms with Gasteiger partial charge in [-0.15, -0.1) is 11.3 Å². The van der Waals surface area contributed by atoms with Crippen LogP contribution in [0.3, 0.4) is 0 Å². The van der Waals surface area contributed by atoms with E-state index in [0.717, 1.165) is 43.2 Å². The van der Waals surface area contributed by atoms with Crippen LogP contribution in [-0.2, 0) is 16.0 Å². The van der Waals surface area contributed by atoms with Gasteiger partial charge in [0.05, 0.1) is 12.1 Å². The normalized spacial score (nSPS) is 22.3. The molecule has 2 aliphatic rings. The number of nitrogens with two attached hydrogens (primary N) is 1. The number of rotatable bonds is 4. The van der Waals surface area contributed by atoms with E-state index in [0.29, 0.717) is 19.4 Å². The van der Waals surface area contributed by atoms with Crippen LogP contribution in [0.2, 0.25) is 0 Å². The zero-order chi connectivity index (χ0) is 14.8. The lowest BCUT2D eigenvalue weighted by Crippen LogP contribution is -2.40. The monoisotopic (exact) mass is 308 g/mol. The number of nitrogens with zero attached hydrogens (tertiary/aromatic N) is 3. The summed E-state index contributed by atoms with van der Waals surface area (Å²) in [6, 6.07) is 0.177. The first kappa shape index (κ1) is 14.5. The van der Waals surface area contributed by atoms with Crippen molar-refractivity contribution in [3.63, 3.8) is 0 Å². The number of thiazole rings is 1. The highest BCUT2D eigenvalue weighted by atomic mass is 32.1. The molecule has 0 aromatic carbocycles. The molecule has 0 aliphatic carbocycles. The van der Waals surface area contributed by atoms with Crippen LogP contribution in [0.4, 0.5) is 5.13 Å². The SMILES string of the molecule is NCC1CCCN1C(=O)Cc1csc(N2CCCC2=O)n1. The topological polar surface area (TPSA) is 79.5 Å². The third-order valence-electron chi connectivity index (χ3n) is 4.15. The summed E-state index contributed by atoms with van der Waals surface area (Å²) in [6.45, 7) is 2.06. The van der Waals surface area contributed by atoms with Gasteiger partial charge in [-0.1, -0.05) is 0 Å². The Morgan fingerprint density at radius 3 is 3.00 bits per heavy atom. The van der Waals surface area contributed by atoms with Gasteiger partial charge in [0.2, 0.25) is 11.8 Å². The Labute approximate surface area is 127 Å². The number of carbonyl (C=O) groups is 2. The zero-order valence-electron chi connectivity index (χ0n) is 12.0. The molecule has 1 aromatic heterocycles. The molecule has 0 radical (unpaired) electrons. The lowest BCUT2D eigenvalue weighted by Gasteiger charge is -2.23. The van der Waals surface area contributed by atoms with Gasteiger partial charge in [0, 0.05) is 37.5 Å². The van der Waals surface area contributed by atoms with E-state index in [2.05, 4.69) is 4.98 Å². The highest BCUT2D eigenvalue weighted by Crippen LogP contribution is 2.26. The number of aromatic nitrogens is 1. The molecule has 114 valence electrons. The van der Waals surface area contributed by atoms with Crippen molar-refractivity contribution in [2.75, 3.05) is 24.5 Å². The second-order valence-corrected chi connectivity index (χ2v) is 6.40. The smallest absolute Gasteiger partial charge is 0.228 e. The standard InChI is InChI=1S/C14H20N4O2S/c15-8-11-3-1-5-17(11)13(20)7-10-9-21-14(16-10)18-6-2-4-12(18)19/h9,11H,1-8,15H2. The molecule has 2 N–H and O–H groups in total. The largest absolute Gasteiger partial charge is 0.338 e. The predicted octanol–water partition coefficient (Wildman–Crippen LogP) is 0.762. The van der Waals surface area contributed by atoms with E-state index < -0.39 is 0 Å². The lowest BCUT2D eigenvalue weighted by molar-refractivity contribution is -0.131. The summed E-state index contributed by atoms with van der Waals surface area (Å²) < 4.78 is 0. The van der Waals surface area contributed by atoms with Gasteiger partial charge in [0.1, 0.15) is 0 Å². The van der Waals surface area contributed by atoms with Gasteiger partial charge in [-0.25, -0.2) is 4.98 Å². The summed E-state index contributed by atoms with van der Waals surface area (Å²) >= 11 is 1.44. The molecule has 0 saturated carbocycles. The van der Waals surface area contributed by atoms with Crippen molar-refractivity contribution in [2.24, 2.45) is 5.73 Å². The third-order valence-corrected chi connectivity index (χ3v) is 5.06. The minimum atomic E-state index is 0.0903. The minimum absolute atomic E-state index is 0.0903. The molecule has 1 unspecified atom stereocenters. The molecule has 3 heterocycles. The number of likely N-dealkylation sites (tertiary alicyclic amines) is 1. The number of hydrogen-bond donors (Lipinski definition) is 1. The molecule has 0 bridgehead atoms. The van der Waals surface area contributed by atoms with Crippen molar-refractivity contribution in [2.45, 2.75) is 38.1 Å². The summed E-state index contributed by atoms with van der Waals surface area (Å²) in [5, 5.41) is 2.60. The van der Waals surface area contributed by atoms with Crippen LogP contribution in [-0.4, -0.2) is 47.4 Å². The van der Waals surface area contributed by atoms with Crippen molar-refractivity contribution in [1.29, 1.82) is 0 Å². The highest BCUT2D eigenvalue weighted by molar-refractivity contribution is 7.14. The van der Waals surface area contributed by atoms with Crippen LogP contribution < -0.4 is 10.6 Å². The first-order valence-electron chi connectivity index (χ1n) is 7.43. The van der Waals surface area contributed by atoms with Crippen molar-refractivity contribution in [3.05, 3.63) is 11.1 Å². The van der Waals surface area contributed by atoms with Crippen molar-refractivity contribution >= 4 is 28.3 Å². The van der Waals surface area contributed by atoms with Gasteiger partial charge < -0.3 is 10.6 Å². The van der Waals surface area contributed by atoms with Gasteiger partial charge in [-0.2, -0.15) is 0 Å². The molecule has 2 aliphatic heterocycles. The lowest BCUT2D eigenvalue weighted by atomic mass is 10.2. The molecule has 0 spiro atoms.